The van der Waals surface area contributed by atoms with E-state index >= 15 is 0 Å². The third-order valence-electron chi connectivity index (χ3n) is 6.60. The summed E-state index contributed by atoms with van der Waals surface area (Å²) < 4.78 is 11.7. The molecule has 2 bridgehead atoms. The van der Waals surface area contributed by atoms with Gasteiger partial charge in [-0.05, 0) is 38.1 Å². The van der Waals surface area contributed by atoms with E-state index in [1.54, 1.807) is 7.11 Å². The van der Waals surface area contributed by atoms with Gasteiger partial charge in [0.05, 0.1) is 18.6 Å². The number of nitrogens with zero attached hydrogens (tertiary/aromatic N) is 1. The van der Waals surface area contributed by atoms with E-state index in [-0.39, 0.29) is 29.6 Å². The number of hydrogen-bond acceptors (Lipinski definition) is 5. The van der Waals surface area contributed by atoms with Crippen molar-refractivity contribution >= 4 is 5.78 Å². The number of likely N-dealkylation sites (N-methyl/N-ethyl adjacent to an activating group) is 1. The third-order valence-corrected chi connectivity index (χ3v) is 6.60. The second-order valence-electron chi connectivity index (χ2n) is 7.43. The van der Waals surface area contributed by atoms with E-state index in [1.807, 2.05) is 6.07 Å². The van der Waals surface area contributed by atoms with Crippen LogP contribution in [-0.4, -0.2) is 54.7 Å². The number of ketones is 1. The lowest BCUT2D eigenvalue weighted by Crippen LogP contribution is -2.69. The van der Waals surface area contributed by atoms with Gasteiger partial charge in [-0.2, -0.15) is 0 Å². The van der Waals surface area contributed by atoms with Crippen LogP contribution < -0.4 is 9.47 Å². The van der Waals surface area contributed by atoms with Crippen LogP contribution in [0.25, 0.3) is 0 Å². The van der Waals surface area contributed by atoms with Gasteiger partial charge in [0, 0.05) is 23.9 Å². The maximum Gasteiger partial charge on any atom is 0.176 e. The minimum Gasteiger partial charge on any atom is -0.493 e. The second kappa shape index (κ2) is 4.28. The van der Waals surface area contributed by atoms with Gasteiger partial charge in [-0.3, -0.25) is 4.79 Å². The molecule has 5 atom stereocenters. The highest BCUT2D eigenvalue weighted by Gasteiger charge is 2.68. The first-order valence-corrected chi connectivity index (χ1v) is 8.36. The van der Waals surface area contributed by atoms with Crippen LogP contribution in [0, 0.1) is 5.92 Å². The predicted molar refractivity (Wildman–Crippen MR) is 82.9 cm³/mol. The van der Waals surface area contributed by atoms with E-state index in [1.165, 1.54) is 5.56 Å². The normalized spacial score (nSPS) is 40.6. The molecule has 1 spiro atoms. The number of carbonyl (C=O) groups is 1. The molecule has 0 radical (unpaired) electrons. The van der Waals surface area contributed by atoms with Gasteiger partial charge in [-0.1, -0.05) is 6.07 Å². The van der Waals surface area contributed by atoms with Gasteiger partial charge in [-0.25, -0.2) is 0 Å². The summed E-state index contributed by atoms with van der Waals surface area (Å²) in [5.41, 5.74) is 2.02. The number of piperidine rings is 1. The Morgan fingerprint density at radius 3 is 3.00 bits per heavy atom. The molecule has 1 N–H and O–H groups in total. The molecule has 1 aromatic rings. The first-order chi connectivity index (χ1) is 11.1. The molecule has 2 aliphatic heterocycles. The standard InChI is InChI=1S/C18H21NO4/c1-19-6-5-18-14-9-3-4-13(22-2)16(14)23-17(18)12(21)8-11(20)15(18)10(19)7-9/h3-4,10-11,15,17,20H,5-8H2,1-2H3/t10-,11?,15-,17+,18-/m1/s1. The van der Waals surface area contributed by atoms with Crippen molar-refractivity contribution < 1.29 is 19.4 Å². The Labute approximate surface area is 135 Å². The first kappa shape index (κ1) is 13.8. The molecule has 1 saturated heterocycles. The van der Waals surface area contributed by atoms with Crippen LogP contribution in [0.5, 0.6) is 11.5 Å². The maximum atomic E-state index is 12.7. The van der Waals surface area contributed by atoms with Crippen molar-refractivity contribution in [1.29, 1.82) is 0 Å². The highest BCUT2D eigenvalue weighted by Crippen LogP contribution is 2.63. The lowest BCUT2D eigenvalue weighted by Gasteiger charge is -2.58. The summed E-state index contributed by atoms with van der Waals surface area (Å²) in [4.78, 5) is 15.0. The lowest BCUT2D eigenvalue weighted by atomic mass is 9.51. The average molecular weight is 315 g/mol. The summed E-state index contributed by atoms with van der Waals surface area (Å²) >= 11 is 0. The predicted octanol–water partition coefficient (Wildman–Crippen LogP) is 0.904. The lowest BCUT2D eigenvalue weighted by molar-refractivity contribution is -0.151. The van der Waals surface area contributed by atoms with E-state index in [0.717, 1.165) is 30.7 Å². The highest BCUT2D eigenvalue weighted by atomic mass is 16.5. The number of carbonyl (C=O) groups excluding carboxylic acids is 1. The Bertz CT molecular complexity index is 717. The molecule has 0 aromatic heterocycles. The van der Waals surface area contributed by atoms with Crippen LogP contribution in [0.3, 0.4) is 0 Å². The number of benzene rings is 1. The SMILES string of the molecule is COc1ccc2c3c1O[C@H]1C(=O)CC(O)[C@H]4[C@@H](C2)N(C)CC[C@]314. The van der Waals surface area contributed by atoms with E-state index in [2.05, 4.69) is 18.0 Å². The Hall–Kier alpha value is -1.59. The summed E-state index contributed by atoms with van der Waals surface area (Å²) in [6.45, 7) is 0.928. The Morgan fingerprint density at radius 1 is 1.39 bits per heavy atom. The number of hydrogen-bond donors (Lipinski definition) is 1. The van der Waals surface area contributed by atoms with E-state index in [4.69, 9.17) is 9.47 Å². The van der Waals surface area contributed by atoms with Crippen LogP contribution in [0.15, 0.2) is 12.1 Å². The molecule has 2 aliphatic carbocycles. The van der Waals surface area contributed by atoms with Crippen LogP contribution in [0.4, 0.5) is 0 Å². The van der Waals surface area contributed by atoms with Gasteiger partial charge >= 0.3 is 0 Å². The van der Waals surface area contributed by atoms with Crippen LogP contribution in [0.2, 0.25) is 0 Å². The Kier molecular flexibility index (Phi) is 2.57. The molecule has 2 heterocycles. The zero-order valence-corrected chi connectivity index (χ0v) is 13.4. The molecular formula is C18H21NO4. The minimum absolute atomic E-state index is 0.0307. The van der Waals surface area contributed by atoms with E-state index in [0.29, 0.717) is 5.75 Å². The van der Waals surface area contributed by atoms with Crippen LogP contribution in [-0.2, 0) is 16.6 Å². The van der Waals surface area contributed by atoms with Crippen LogP contribution in [0.1, 0.15) is 24.0 Å². The molecule has 122 valence electrons. The fourth-order valence-electron chi connectivity index (χ4n) is 5.73. The molecule has 23 heavy (non-hydrogen) atoms. The summed E-state index contributed by atoms with van der Waals surface area (Å²) in [6, 6.07) is 4.32. The zero-order chi connectivity index (χ0) is 15.9. The molecule has 0 amide bonds. The van der Waals surface area contributed by atoms with E-state index < -0.39 is 12.2 Å². The number of aliphatic hydroxyl groups excluding tert-OH is 1. The second-order valence-corrected chi connectivity index (χ2v) is 7.43. The molecule has 1 saturated carbocycles. The number of Topliss-reactive ketones (excluding diaryl/α,β-unsaturated/α-hetero) is 1. The largest absolute Gasteiger partial charge is 0.493 e. The topological polar surface area (TPSA) is 59.0 Å². The number of likely N-dealkylation sites (tertiary alicyclic amines) is 1. The quantitative estimate of drug-likeness (QED) is 0.834. The fraction of sp³-hybridized carbons (Fsp3) is 0.611. The van der Waals surface area contributed by atoms with Crippen molar-refractivity contribution in [2.24, 2.45) is 5.92 Å². The first-order valence-electron chi connectivity index (χ1n) is 8.36. The summed E-state index contributed by atoms with van der Waals surface area (Å²) in [5, 5.41) is 10.8. The fourth-order valence-corrected chi connectivity index (χ4v) is 5.73. The smallest absolute Gasteiger partial charge is 0.176 e. The van der Waals surface area contributed by atoms with Gasteiger partial charge in [-0.15, -0.1) is 0 Å². The zero-order valence-electron chi connectivity index (χ0n) is 13.4. The summed E-state index contributed by atoms with van der Waals surface area (Å²) in [7, 11) is 3.76. The molecule has 4 aliphatic rings. The molecule has 2 fully saturated rings. The van der Waals surface area contributed by atoms with Crippen molar-refractivity contribution in [2.75, 3.05) is 20.7 Å². The molecule has 5 heteroatoms. The maximum absolute atomic E-state index is 12.7. The summed E-state index contributed by atoms with van der Waals surface area (Å²) in [6.07, 6.45) is 0.910. The molecule has 5 rings (SSSR count). The third kappa shape index (κ3) is 1.44. The minimum atomic E-state index is -0.583. The van der Waals surface area contributed by atoms with Gasteiger partial charge in [0.2, 0.25) is 0 Å². The average Bonchev–Trinajstić information content (AvgIpc) is 2.88. The van der Waals surface area contributed by atoms with Gasteiger partial charge in [0.15, 0.2) is 23.4 Å². The van der Waals surface area contributed by atoms with Crippen molar-refractivity contribution in [3.05, 3.63) is 23.3 Å². The Balaban J connectivity index is 1.82. The molecular weight excluding hydrogens is 294 g/mol. The van der Waals surface area contributed by atoms with Crippen molar-refractivity contribution in [3.8, 4) is 11.5 Å². The monoisotopic (exact) mass is 315 g/mol. The van der Waals surface area contributed by atoms with Gasteiger partial charge in [0.25, 0.3) is 0 Å². The number of methoxy groups -OCH3 is 1. The van der Waals surface area contributed by atoms with E-state index in [9.17, 15) is 9.90 Å². The van der Waals surface area contributed by atoms with Gasteiger partial charge in [0.1, 0.15) is 0 Å². The highest BCUT2D eigenvalue weighted by molar-refractivity contribution is 5.89. The van der Waals surface area contributed by atoms with Crippen molar-refractivity contribution in [1.82, 2.24) is 4.90 Å². The van der Waals surface area contributed by atoms with Crippen molar-refractivity contribution in [2.45, 2.75) is 42.9 Å². The van der Waals surface area contributed by atoms with Crippen LogP contribution >= 0.6 is 0 Å². The molecule has 1 aromatic carbocycles. The van der Waals surface area contributed by atoms with Crippen molar-refractivity contribution in [3.63, 3.8) is 0 Å². The number of rotatable bonds is 1. The summed E-state index contributed by atoms with van der Waals surface area (Å²) in [5.74, 6) is 1.53. The molecule has 1 unspecified atom stereocenters. The van der Waals surface area contributed by atoms with Gasteiger partial charge < -0.3 is 19.5 Å². The Morgan fingerprint density at radius 2 is 2.22 bits per heavy atom. The number of aliphatic hydroxyl groups is 1. The number of ether oxygens (including phenoxy) is 2. The molecule has 5 nitrogen and oxygen atoms in total.